The minimum atomic E-state index is -0.0484. The lowest BCUT2D eigenvalue weighted by atomic mass is 10.0. The molecule has 120 valence electrons. The van der Waals surface area contributed by atoms with Crippen molar-refractivity contribution in [3.05, 3.63) is 17.2 Å². The SMILES string of the molecule is C[C@H]1CCCN(CC(=O)Nc2cc3c(cc2Cl)OCCO3)C1. The summed E-state index contributed by atoms with van der Waals surface area (Å²) >= 11 is 6.21. The molecule has 0 aliphatic carbocycles. The molecule has 0 bridgehead atoms. The third kappa shape index (κ3) is 3.65. The molecule has 22 heavy (non-hydrogen) atoms. The molecule has 2 heterocycles. The number of ether oxygens (including phenoxy) is 2. The lowest BCUT2D eigenvalue weighted by molar-refractivity contribution is -0.117. The highest BCUT2D eigenvalue weighted by Crippen LogP contribution is 2.37. The first-order valence-corrected chi connectivity index (χ1v) is 8.11. The van der Waals surface area contributed by atoms with Crippen LogP contribution in [-0.2, 0) is 4.79 Å². The van der Waals surface area contributed by atoms with Crippen molar-refractivity contribution in [2.24, 2.45) is 5.92 Å². The topological polar surface area (TPSA) is 50.8 Å². The van der Waals surface area contributed by atoms with Gasteiger partial charge in [-0.15, -0.1) is 0 Å². The summed E-state index contributed by atoms with van der Waals surface area (Å²) in [5.41, 5.74) is 0.570. The Balaban J connectivity index is 1.63. The van der Waals surface area contributed by atoms with Gasteiger partial charge in [0.1, 0.15) is 13.2 Å². The smallest absolute Gasteiger partial charge is 0.238 e. The minimum absolute atomic E-state index is 0.0484. The zero-order chi connectivity index (χ0) is 15.5. The van der Waals surface area contributed by atoms with Crippen LogP contribution in [0.2, 0.25) is 5.02 Å². The molecule has 3 rings (SSSR count). The van der Waals surface area contributed by atoms with E-state index in [1.807, 2.05) is 0 Å². The van der Waals surface area contributed by atoms with Crippen LogP contribution >= 0.6 is 11.6 Å². The predicted molar refractivity (Wildman–Crippen MR) is 85.9 cm³/mol. The third-order valence-corrected chi connectivity index (χ3v) is 4.33. The standard InChI is InChI=1S/C16H21ClN2O3/c1-11-3-2-4-19(9-11)10-16(20)18-13-8-15-14(7-12(13)17)21-5-6-22-15/h7-8,11H,2-6,9-10H2,1H3,(H,18,20)/t11-/m0/s1. The molecule has 1 fully saturated rings. The molecule has 0 unspecified atom stereocenters. The minimum Gasteiger partial charge on any atom is -0.486 e. The zero-order valence-electron chi connectivity index (χ0n) is 12.7. The fourth-order valence-electron chi connectivity index (χ4n) is 2.98. The van der Waals surface area contributed by atoms with Crippen molar-refractivity contribution in [3.8, 4) is 11.5 Å². The van der Waals surface area contributed by atoms with Crippen molar-refractivity contribution in [3.63, 3.8) is 0 Å². The Morgan fingerprint density at radius 3 is 2.82 bits per heavy atom. The molecule has 2 aliphatic heterocycles. The van der Waals surface area contributed by atoms with Gasteiger partial charge in [0, 0.05) is 18.7 Å². The Bertz CT molecular complexity index is 565. The van der Waals surface area contributed by atoms with Crippen molar-refractivity contribution in [1.82, 2.24) is 4.90 Å². The number of anilines is 1. The van der Waals surface area contributed by atoms with Crippen molar-refractivity contribution < 1.29 is 14.3 Å². The number of likely N-dealkylation sites (tertiary alicyclic amines) is 1. The number of benzene rings is 1. The number of nitrogens with one attached hydrogen (secondary N) is 1. The van der Waals surface area contributed by atoms with Gasteiger partial charge in [0.25, 0.3) is 0 Å². The van der Waals surface area contributed by atoms with Gasteiger partial charge in [-0.2, -0.15) is 0 Å². The molecule has 0 radical (unpaired) electrons. The van der Waals surface area contributed by atoms with Gasteiger partial charge in [-0.25, -0.2) is 0 Å². The second-order valence-corrected chi connectivity index (χ2v) is 6.41. The number of amides is 1. The van der Waals surface area contributed by atoms with Gasteiger partial charge in [0.2, 0.25) is 5.91 Å². The maximum absolute atomic E-state index is 12.2. The van der Waals surface area contributed by atoms with Crippen LogP contribution in [0.5, 0.6) is 11.5 Å². The summed E-state index contributed by atoms with van der Waals surface area (Å²) in [4.78, 5) is 14.4. The number of hydrogen-bond donors (Lipinski definition) is 1. The number of piperidine rings is 1. The molecule has 1 atom stereocenters. The quantitative estimate of drug-likeness (QED) is 0.929. The summed E-state index contributed by atoms with van der Waals surface area (Å²) in [6.45, 7) is 5.60. The third-order valence-electron chi connectivity index (χ3n) is 4.01. The van der Waals surface area contributed by atoms with Crippen molar-refractivity contribution in [2.75, 3.05) is 38.2 Å². The summed E-state index contributed by atoms with van der Waals surface area (Å²) in [7, 11) is 0. The zero-order valence-corrected chi connectivity index (χ0v) is 13.5. The molecule has 1 saturated heterocycles. The molecule has 5 nitrogen and oxygen atoms in total. The maximum atomic E-state index is 12.2. The molecule has 0 spiro atoms. The number of carbonyl (C=O) groups excluding carboxylic acids is 1. The van der Waals surface area contributed by atoms with Crippen molar-refractivity contribution in [1.29, 1.82) is 0 Å². The molecule has 1 N–H and O–H groups in total. The Hall–Kier alpha value is -1.46. The van der Waals surface area contributed by atoms with E-state index in [1.165, 1.54) is 6.42 Å². The first kappa shape index (κ1) is 15.4. The van der Waals surface area contributed by atoms with E-state index in [2.05, 4.69) is 17.1 Å². The van der Waals surface area contributed by atoms with Gasteiger partial charge in [-0.1, -0.05) is 18.5 Å². The van der Waals surface area contributed by atoms with E-state index < -0.39 is 0 Å². The van der Waals surface area contributed by atoms with Gasteiger partial charge >= 0.3 is 0 Å². The average Bonchev–Trinajstić information content (AvgIpc) is 2.48. The highest BCUT2D eigenvalue weighted by atomic mass is 35.5. The summed E-state index contributed by atoms with van der Waals surface area (Å²) < 4.78 is 11.0. The second kappa shape index (κ2) is 6.75. The first-order chi connectivity index (χ1) is 10.6. The second-order valence-electron chi connectivity index (χ2n) is 6.01. The van der Waals surface area contributed by atoms with E-state index in [-0.39, 0.29) is 5.91 Å². The van der Waals surface area contributed by atoms with Crippen LogP contribution in [0.3, 0.4) is 0 Å². The molecule has 1 amide bonds. The van der Waals surface area contributed by atoms with Crippen molar-refractivity contribution >= 4 is 23.2 Å². The molecule has 2 aliphatic rings. The largest absolute Gasteiger partial charge is 0.486 e. The average molecular weight is 325 g/mol. The van der Waals surface area contributed by atoms with Gasteiger partial charge in [-0.3, -0.25) is 9.69 Å². The van der Waals surface area contributed by atoms with Crippen LogP contribution in [0.1, 0.15) is 19.8 Å². The molecule has 6 heteroatoms. The maximum Gasteiger partial charge on any atom is 0.238 e. The molecule has 0 saturated carbocycles. The lowest BCUT2D eigenvalue weighted by Gasteiger charge is -2.30. The summed E-state index contributed by atoms with van der Waals surface area (Å²) in [6, 6.07) is 3.42. The molecular formula is C16H21ClN2O3. The van der Waals surface area contributed by atoms with Gasteiger partial charge < -0.3 is 14.8 Å². The predicted octanol–water partition coefficient (Wildman–Crippen LogP) is 2.78. The van der Waals surface area contributed by atoms with E-state index in [0.717, 1.165) is 19.5 Å². The number of nitrogens with zero attached hydrogens (tertiary/aromatic N) is 1. The van der Waals surface area contributed by atoms with E-state index in [1.54, 1.807) is 12.1 Å². The molecule has 0 aromatic heterocycles. The van der Waals surface area contributed by atoms with Crippen LogP contribution < -0.4 is 14.8 Å². The molecular weight excluding hydrogens is 304 g/mol. The normalized spacial score (nSPS) is 21.5. The Kier molecular flexibility index (Phi) is 4.74. The highest BCUT2D eigenvalue weighted by Gasteiger charge is 2.20. The number of hydrogen-bond acceptors (Lipinski definition) is 4. The van der Waals surface area contributed by atoms with E-state index in [0.29, 0.717) is 47.9 Å². The van der Waals surface area contributed by atoms with Gasteiger partial charge in [0.15, 0.2) is 11.5 Å². The van der Waals surface area contributed by atoms with E-state index in [9.17, 15) is 4.79 Å². The van der Waals surface area contributed by atoms with Gasteiger partial charge in [-0.05, 0) is 25.3 Å². The number of fused-ring (bicyclic) bond motifs is 1. The fourth-order valence-corrected chi connectivity index (χ4v) is 3.18. The molecule has 1 aromatic carbocycles. The van der Waals surface area contributed by atoms with Crippen LogP contribution in [0.4, 0.5) is 5.69 Å². The first-order valence-electron chi connectivity index (χ1n) is 7.73. The number of carbonyl (C=O) groups is 1. The van der Waals surface area contributed by atoms with Crippen LogP contribution in [0.15, 0.2) is 12.1 Å². The van der Waals surface area contributed by atoms with Crippen molar-refractivity contribution in [2.45, 2.75) is 19.8 Å². The number of rotatable bonds is 3. The van der Waals surface area contributed by atoms with Gasteiger partial charge in [0.05, 0.1) is 17.3 Å². The highest BCUT2D eigenvalue weighted by molar-refractivity contribution is 6.34. The van der Waals surface area contributed by atoms with Crippen LogP contribution in [-0.4, -0.2) is 43.7 Å². The monoisotopic (exact) mass is 324 g/mol. The van der Waals surface area contributed by atoms with Crippen LogP contribution in [0.25, 0.3) is 0 Å². The fraction of sp³-hybridized carbons (Fsp3) is 0.562. The van der Waals surface area contributed by atoms with Crippen LogP contribution in [0, 0.1) is 5.92 Å². The summed E-state index contributed by atoms with van der Waals surface area (Å²) in [6.07, 6.45) is 2.39. The van der Waals surface area contributed by atoms with E-state index in [4.69, 9.17) is 21.1 Å². The lowest BCUT2D eigenvalue weighted by Crippen LogP contribution is -2.39. The Morgan fingerprint density at radius 1 is 1.36 bits per heavy atom. The number of halogens is 1. The molecule has 1 aromatic rings. The Labute approximate surface area is 135 Å². The summed E-state index contributed by atoms with van der Waals surface area (Å²) in [5, 5.41) is 3.34. The van der Waals surface area contributed by atoms with E-state index >= 15 is 0 Å². The Morgan fingerprint density at radius 2 is 2.09 bits per heavy atom. The summed E-state index contributed by atoms with van der Waals surface area (Å²) in [5.74, 6) is 1.85.